The predicted octanol–water partition coefficient (Wildman–Crippen LogP) is 4.73. The standard InChI is InChI=1S/C29H33NO7/c1-6-11-37-29(33)26-16(2)30-20-12-19(17-8-10-23(34-3)25(14-17)36-5)13-22(32)28(20)27(26)18-7-9-21(31)24(15-18)35-4/h7-10,14-15,19,27,30-31H,6,11-13H2,1-5H3/t19-,27+/m1/s1. The Labute approximate surface area is 216 Å². The number of phenols is 1. The van der Waals surface area contributed by atoms with Gasteiger partial charge in [-0.05, 0) is 61.1 Å². The monoisotopic (exact) mass is 507 g/mol. The molecule has 0 saturated heterocycles. The molecule has 2 aromatic rings. The summed E-state index contributed by atoms with van der Waals surface area (Å²) in [5.41, 5.74) is 3.98. The van der Waals surface area contributed by atoms with Gasteiger partial charge in [0.2, 0.25) is 0 Å². The van der Waals surface area contributed by atoms with E-state index in [4.69, 9.17) is 18.9 Å². The number of methoxy groups -OCH3 is 3. The number of ketones is 1. The van der Waals surface area contributed by atoms with Gasteiger partial charge in [-0.3, -0.25) is 4.79 Å². The van der Waals surface area contributed by atoms with Crippen molar-refractivity contribution < 1.29 is 33.6 Å². The summed E-state index contributed by atoms with van der Waals surface area (Å²) in [5, 5.41) is 13.5. The van der Waals surface area contributed by atoms with Crippen molar-refractivity contribution in [2.75, 3.05) is 27.9 Å². The van der Waals surface area contributed by atoms with Crippen LogP contribution in [0.3, 0.4) is 0 Å². The average Bonchev–Trinajstić information content (AvgIpc) is 2.90. The van der Waals surface area contributed by atoms with Crippen LogP contribution in [0, 0.1) is 0 Å². The van der Waals surface area contributed by atoms with E-state index in [1.54, 1.807) is 26.4 Å². The number of carbonyl (C=O) groups excluding carboxylic acids is 2. The largest absolute Gasteiger partial charge is 0.504 e. The molecular weight excluding hydrogens is 474 g/mol. The van der Waals surface area contributed by atoms with Crippen molar-refractivity contribution in [1.29, 1.82) is 0 Å². The molecule has 8 heteroatoms. The molecule has 0 aromatic heterocycles. The summed E-state index contributed by atoms with van der Waals surface area (Å²) in [4.78, 5) is 27.0. The Hall–Kier alpha value is -3.94. The summed E-state index contributed by atoms with van der Waals surface area (Å²) >= 11 is 0. The smallest absolute Gasteiger partial charge is 0.336 e. The van der Waals surface area contributed by atoms with E-state index in [1.165, 1.54) is 13.2 Å². The van der Waals surface area contributed by atoms with E-state index in [2.05, 4.69) is 5.32 Å². The van der Waals surface area contributed by atoms with Gasteiger partial charge >= 0.3 is 5.97 Å². The topological polar surface area (TPSA) is 103 Å². The van der Waals surface area contributed by atoms with Crippen molar-refractivity contribution in [1.82, 2.24) is 5.32 Å². The van der Waals surface area contributed by atoms with Crippen molar-refractivity contribution in [2.24, 2.45) is 0 Å². The Balaban J connectivity index is 1.79. The van der Waals surface area contributed by atoms with Gasteiger partial charge in [-0.15, -0.1) is 0 Å². The lowest BCUT2D eigenvalue weighted by Crippen LogP contribution is -2.36. The second-order valence-electron chi connectivity index (χ2n) is 9.20. The molecule has 2 aliphatic rings. The van der Waals surface area contributed by atoms with Crippen molar-refractivity contribution in [3.8, 4) is 23.0 Å². The Morgan fingerprint density at radius 1 is 0.973 bits per heavy atom. The van der Waals surface area contributed by atoms with Crippen LogP contribution in [0.2, 0.25) is 0 Å². The Morgan fingerprint density at radius 3 is 2.32 bits per heavy atom. The molecule has 4 rings (SSSR count). The molecule has 0 amide bonds. The molecule has 8 nitrogen and oxygen atoms in total. The highest BCUT2D eigenvalue weighted by molar-refractivity contribution is 6.04. The predicted molar refractivity (Wildman–Crippen MR) is 138 cm³/mol. The highest BCUT2D eigenvalue weighted by Gasteiger charge is 2.41. The summed E-state index contributed by atoms with van der Waals surface area (Å²) in [7, 11) is 4.63. The van der Waals surface area contributed by atoms with Crippen LogP contribution >= 0.6 is 0 Å². The van der Waals surface area contributed by atoms with Gasteiger partial charge in [0.05, 0.1) is 33.5 Å². The number of phenolic OH excluding ortho intramolecular Hbond substituents is 1. The second kappa shape index (κ2) is 11.0. The van der Waals surface area contributed by atoms with E-state index in [1.807, 2.05) is 32.0 Å². The Bertz CT molecular complexity index is 1280. The quantitative estimate of drug-likeness (QED) is 0.494. The molecule has 1 heterocycles. The summed E-state index contributed by atoms with van der Waals surface area (Å²) in [6.07, 6.45) is 1.54. The molecule has 0 spiro atoms. The third-order valence-corrected chi connectivity index (χ3v) is 6.90. The van der Waals surface area contributed by atoms with Crippen molar-refractivity contribution >= 4 is 11.8 Å². The molecule has 1 aliphatic carbocycles. The zero-order valence-corrected chi connectivity index (χ0v) is 21.8. The first-order chi connectivity index (χ1) is 17.8. The SMILES string of the molecule is CCCOC(=O)C1=C(C)NC2=C(C(=O)C[C@H](c3ccc(OC)c(OC)c3)C2)[C@H]1c1ccc(O)c(OC)c1. The van der Waals surface area contributed by atoms with Gasteiger partial charge in [0.25, 0.3) is 0 Å². The molecule has 2 aromatic carbocycles. The normalized spacial score (nSPS) is 19.2. The zero-order valence-electron chi connectivity index (χ0n) is 21.8. The molecule has 37 heavy (non-hydrogen) atoms. The number of nitrogens with one attached hydrogen (secondary N) is 1. The van der Waals surface area contributed by atoms with Gasteiger partial charge in [0, 0.05) is 29.3 Å². The number of hydrogen-bond acceptors (Lipinski definition) is 8. The van der Waals surface area contributed by atoms with Crippen molar-refractivity contribution in [3.63, 3.8) is 0 Å². The number of esters is 1. The van der Waals surface area contributed by atoms with Crippen LogP contribution in [0.25, 0.3) is 0 Å². The van der Waals surface area contributed by atoms with E-state index in [0.717, 1.165) is 11.3 Å². The minimum absolute atomic E-state index is 0.0197. The summed E-state index contributed by atoms with van der Waals surface area (Å²) in [6.45, 7) is 4.03. The molecular formula is C29H33NO7. The number of allylic oxidation sites excluding steroid dienone is 3. The maximum absolute atomic E-state index is 13.8. The molecule has 0 fully saturated rings. The van der Waals surface area contributed by atoms with Crippen LogP contribution in [-0.2, 0) is 14.3 Å². The molecule has 1 aliphatic heterocycles. The third-order valence-electron chi connectivity index (χ3n) is 6.90. The first-order valence-corrected chi connectivity index (χ1v) is 12.3. The number of benzene rings is 2. The van der Waals surface area contributed by atoms with Gasteiger partial charge in [-0.25, -0.2) is 4.79 Å². The first kappa shape index (κ1) is 26.1. The summed E-state index contributed by atoms with van der Waals surface area (Å²) < 4.78 is 21.7. The Kier molecular flexibility index (Phi) is 7.76. The first-order valence-electron chi connectivity index (χ1n) is 12.3. The average molecular weight is 508 g/mol. The second-order valence-corrected chi connectivity index (χ2v) is 9.20. The van der Waals surface area contributed by atoms with E-state index in [9.17, 15) is 14.7 Å². The van der Waals surface area contributed by atoms with Crippen LogP contribution in [0.5, 0.6) is 23.0 Å². The molecule has 0 saturated carbocycles. The van der Waals surface area contributed by atoms with Gasteiger partial charge in [0.15, 0.2) is 28.8 Å². The van der Waals surface area contributed by atoms with Gasteiger partial charge in [-0.1, -0.05) is 19.1 Å². The lowest BCUT2D eigenvalue weighted by atomic mass is 9.71. The van der Waals surface area contributed by atoms with E-state index >= 15 is 0 Å². The number of hydrogen-bond donors (Lipinski definition) is 2. The molecule has 0 unspecified atom stereocenters. The number of ether oxygens (including phenoxy) is 4. The lowest BCUT2D eigenvalue weighted by molar-refractivity contribution is -0.139. The van der Waals surface area contributed by atoms with Crippen LogP contribution in [0.15, 0.2) is 58.9 Å². The highest BCUT2D eigenvalue weighted by atomic mass is 16.5. The number of Topliss-reactive ketones (excluding diaryl/α,β-unsaturated/α-hetero) is 1. The fourth-order valence-corrected chi connectivity index (χ4v) is 5.13. The number of rotatable bonds is 8. The highest BCUT2D eigenvalue weighted by Crippen LogP contribution is 2.47. The van der Waals surface area contributed by atoms with Gasteiger partial charge < -0.3 is 29.4 Å². The minimum atomic E-state index is -0.644. The fraction of sp³-hybridized carbons (Fsp3) is 0.379. The number of carbonyl (C=O) groups is 2. The number of dihydropyridines is 1. The van der Waals surface area contributed by atoms with Crippen LogP contribution in [0.4, 0.5) is 0 Å². The van der Waals surface area contributed by atoms with Crippen LogP contribution < -0.4 is 19.5 Å². The zero-order chi connectivity index (χ0) is 26.7. The molecule has 2 N–H and O–H groups in total. The van der Waals surface area contributed by atoms with Crippen molar-refractivity contribution in [3.05, 3.63) is 70.1 Å². The molecule has 0 bridgehead atoms. The van der Waals surface area contributed by atoms with E-state index in [-0.39, 0.29) is 36.2 Å². The number of aromatic hydroxyl groups is 1. The maximum Gasteiger partial charge on any atom is 0.336 e. The van der Waals surface area contributed by atoms with Gasteiger partial charge in [-0.2, -0.15) is 0 Å². The lowest BCUT2D eigenvalue weighted by Gasteiger charge is -2.37. The van der Waals surface area contributed by atoms with Crippen molar-refractivity contribution in [2.45, 2.75) is 44.9 Å². The van der Waals surface area contributed by atoms with E-state index in [0.29, 0.717) is 46.7 Å². The third kappa shape index (κ3) is 5.01. The summed E-state index contributed by atoms with van der Waals surface area (Å²) in [6, 6.07) is 10.6. The van der Waals surface area contributed by atoms with Crippen LogP contribution in [-0.4, -0.2) is 44.8 Å². The van der Waals surface area contributed by atoms with Gasteiger partial charge in [0.1, 0.15) is 0 Å². The van der Waals surface area contributed by atoms with E-state index < -0.39 is 11.9 Å². The fourth-order valence-electron chi connectivity index (χ4n) is 5.13. The molecule has 196 valence electrons. The maximum atomic E-state index is 13.8. The minimum Gasteiger partial charge on any atom is -0.504 e. The Morgan fingerprint density at radius 2 is 1.65 bits per heavy atom. The molecule has 0 radical (unpaired) electrons. The van der Waals surface area contributed by atoms with Crippen LogP contribution in [0.1, 0.15) is 56.1 Å². The molecule has 2 atom stereocenters. The summed E-state index contributed by atoms with van der Waals surface area (Å²) in [5.74, 6) is 0.236.